The van der Waals surface area contributed by atoms with Gasteiger partial charge in [-0.1, -0.05) is 6.92 Å². The minimum atomic E-state index is -0.301. The fourth-order valence-electron chi connectivity index (χ4n) is 1.01. The summed E-state index contributed by atoms with van der Waals surface area (Å²) in [7, 11) is 0. The first-order valence-corrected chi connectivity index (χ1v) is 3.98. The van der Waals surface area contributed by atoms with Crippen molar-refractivity contribution in [2.75, 3.05) is 6.54 Å². The second-order valence-corrected chi connectivity index (χ2v) is 2.47. The maximum absolute atomic E-state index is 13.3. The molecule has 0 aliphatic rings. The van der Waals surface area contributed by atoms with Gasteiger partial charge < -0.3 is 5.73 Å². The summed E-state index contributed by atoms with van der Waals surface area (Å²) in [5.41, 5.74) is 6.18. The quantitative estimate of drug-likeness (QED) is 0.723. The van der Waals surface area contributed by atoms with Crippen LogP contribution in [0.3, 0.4) is 0 Å². The van der Waals surface area contributed by atoms with Crippen LogP contribution in [0.5, 0.6) is 0 Å². The topological polar surface area (TPSA) is 51.8 Å². The van der Waals surface area contributed by atoms with Crippen molar-refractivity contribution in [3.05, 3.63) is 23.5 Å². The van der Waals surface area contributed by atoms with E-state index in [-0.39, 0.29) is 5.82 Å². The van der Waals surface area contributed by atoms with Gasteiger partial charge in [-0.25, -0.2) is 14.4 Å². The molecule has 0 amide bonds. The molecule has 1 heterocycles. The van der Waals surface area contributed by atoms with E-state index in [2.05, 4.69) is 9.97 Å². The molecule has 0 unspecified atom stereocenters. The summed E-state index contributed by atoms with van der Waals surface area (Å²) < 4.78 is 13.3. The summed E-state index contributed by atoms with van der Waals surface area (Å²) in [4.78, 5) is 7.62. The molecule has 0 bridgehead atoms. The highest BCUT2D eigenvalue weighted by atomic mass is 19.1. The standard InChI is InChI=1S/C8H12FN3/c1-2-6-8(9)7(3-4-10)12-5-11-6/h5H,2-4,10H2,1H3. The van der Waals surface area contributed by atoms with Crippen LogP contribution in [0.25, 0.3) is 0 Å². The van der Waals surface area contributed by atoms with Crippen molar-refractivity contribution in [2.24, 2.45) is 5.73 Å². The highest BCUT2D eigenvalue weighted by Crippen LogP contribution is 2.07. The first-order chi connectivity index (χ1) is 5.79. The predicted octanol–water partition coefficient (Wildman–Crippen LogP) is 0.679. The van der Waals surface area contributed by atoms with Crippen molar-refractivity contribution in [1.82, 2.24) is 9.97 Å². The van der Waals surface area contributed by atoms with Gasteiger partial charge in [0.1, 0.15) is 6.33 Å². The number of hydrogen-bond acceptors (Lipinski definition) is 3. The lowest BCUT2D eigenvalue weighted by atomic mass is 10.2. The molecule has 1 aromatic rings. The van der Waals surface area contributed by atoms with E-state index in [1.54, 1.807) is 0 Å². The molecule has 0 aliphatic carbocycles. The number of aromatic nitrogens is 2. The zero-order chi connectivity index (χ0) is 8.97. The lowest BCUT2D eigenvalue weighted by Crippen LogP contribution is -2.09. The smallest absolute Gasteiger partial charge is 0.166 e. The van der Waals surface area contributed by atoms with Crippen molar-refractivity contribution < 1.29 is 4.39 Å². The van der Waals surface area contributed by atoms with Crippen LogP contribution in [-0.2, 0) is 12.8 Å². The van der Waals surface area contributed by atoms with Gasteiger partial charge >= 0.3 is 0 Å². The normalized spacial score (nSPS) is 10.2. The Kier molecular flexibility index (Phi) is 3.10. The summed E-state index contributed by atoms with van der Waals surface area (Å²) in [6, 6.07) is 0. The van der Waals surface area contributed by atoms with Crippen molar-refractivity contribution in [2.45, 2.75) is 19.8 Å². The highest BCUT2D eigenvalue weighted by Gasteiger charge is 2.07. The van der Waals surface area contributed by atoms with Crippen molar-refractivity contribution >= 4 is 0 Å². The van der Waals surface area contributed by atoms with Crippen LogP contribution in [-0.4, -0.2) is 16.5 Å². The van der Waals surface area contributed by atoms with Crippen LogP contribution in [0.15, 0.2) is 6.33 Å². The summed E-state index contributed by atoms with van der Waals surface area (Å²) in [6.07, 6.45) is 2.44. The molecule has 1 aromatic heterocycles. The monoisotopic (exact) mass is 169 g/mol. The minimum absolute atomic E-state index is 0.301. The molecule has 0 spiro atoms. The van der Waals surface area contributed by atoms with E-state index in [4.69, 9.17) is 5.73 Å². The molecule has 1 rings (SSSR count). The van der Waals surface area contributed by atoms with Gasteiger partial charge in [-0.2, -0.15) is 0 Å². The van der Waals surface area contributed by atoms with Gasteiger partial charge in [0.05, 0.1) is 11.4 Å². The van der Waals surface area contributed by atoms with Crippen LogP contribution in [0.1, 0.15) is 18.3 Å². The first kappa shape index (κ1) is 9.06. The van der Waals surface area contributed by atoms with E-state index in [1.165, 1.54) is 6.33 Å². The summed E-state index contributed by atoms with van der Waals surface area (Å²) in [5, 5.41) is 0. The van der Waals surface area contributed by atoms with E-state index >= 15 is 0 Å². The van der Waals surface area contributed by atoms with Crippen LogP contribution >= 0.6 is 0 Å². The summed E-state index contributed by atoms with van der Waals surface area (Å²) in [5.74, 6) is -0.301. The Bertz CT molecular complexity index is 262. The lowest BCUT2D eigenvalue weighted by Gasteiger charge is -2.02. The Morgan fingerprint density at radius 3 is 2.67 bits per heavy atom. The average Bonchev–Trinajstić information content (AvgIpc) is 2.09. The van der Waals surface area contributed by atoms with Crippen LogP contribution in [0.4, 0.5) is 4.39 Å². The van der Waals surface area contributed by atoms with Crippen LogP contribution in [0, 0.1) is 5.82 Å². The Balaban J connectivity index is 2.97. The third kappa shape index (κ3) is 1.76. The van der Waals surface area contributed by atoms with Gasteiger partial charge in [-0.15, -0.1) is 0 Å². The fourth-order valence-corrected chi connectivity index (χ4v) is 1.01. The van der Waals surface area contributed by atoms with Crippen molar-refractivity contribution in [3.8, 4) is 0 Å². The second kappa shape index (κ2) is 4.11. The molecular formula is C8H12FN3. The summed E-state index contributed by atoms with van der Waals surface area (Å²) >= 11 is 0. The molecule has 4 heteroatoms. The molecule has 12 heavy (non-hydrogen) atoms. The molecule has 0 atom stereocenters. The SMILES string of the molecule is CCc1ncnc(CCN)c1F. The Hall–Kier alpha value is -1.03. The third-order valence-corrected chi connectivity index (χ3v) is 1.65. The van der Waals surface area contributed by atoms with Gasteiger partial charge in [-0.05, 0) is 13.0 Å². The number of halogens is 1. The van der Waals surface area contributed by atoms with E-state index in [0.29, 0.717) is 30.8 Å². The molecule has 0 saturated carbocycles. The van der Waals surface area contributed by atoms with Gasteiger partial charge in [0.25, 0.3) is 0 Å². The van der Waals surface area contributed by atoms with Gasteiger partial charge in [0, 0.05) is 6.42 Å². The van der Waals surface area contributed by atoms with Gasteiger partial charge in [0.15, 0.2) is 5.82 Å². The average molecular weight is 169 g/mol. The maximum atomic E-state index is 13.3. The largest absolute Gasteiger partial charge is 0.330 e. The molecule has 0 radical (unpaired) electrons. The highest BCUT2D eigenvalue weighted by molar-refractivity contribution is 5.11. The zero-order valence-electron chi connectivity index (χ0n) is 7.05. The molecule has 3 nitrogen and oxygen atoms in total. The van der Waals surface area contributed by atoms with Gasteiger partial charge in [-0.3, -0.25) is 0 Å². The molecular weight excluding hydrogens is 157 g/mol. The molecule has 0 aliphatic heterocycles. The third-order valence-electron chi connectivity index (χ3n) is 1.65. The molecule has 2 N–H and O–H groups in total. The summed E-state index contributed by atoms with van der Waals surface area (Å²) in [6.45, 7) is 2.27. The number of hydrogen-bond donors (Lipinski definition) is 1. The van der Waals surface area contributed by atoms with Gasteiger partial charge in [0.2, 0.25) is 0 Å². The molecule has 0 aromatic carbocycles. The second-order valence-electron chi connectivity index (χ2n) is 2.47. The maximum Gasteiger partial charge on any atom is 0.166 e. The predicted molar refractivity (Wildman–Crippen MR) is 44.1 cm³/mol. The molecule has 0 saturated heterocycles. The number of nitrogens with zero attached hydrogens (tertiary/aromatic N) is 2. The minimum Gasteiger partial charge on any atom is -0.330 e. The first-order valence-electron chi connectivity index (χ1n) is 3.98. The number of nitrogens with two attached hydrogens (primary N) is 1. The van der Waals surface area contributed by atoms with Crippen molar-refractivity contribution in [1.29, 1.82) is 0 Å². The van der Waals surface area contributed by atoms with Crippen LogP contribution < -0.4 is 5.73 Å². The van der Waals surface area contributed by atoms with E-state index in [9.17, 15) is 4.39 Å². The Morgan fingerprint density at radius 1 is 1.42 bits per heavy atom. The van der Waals surface area contributed by atoms with E-state index in [1.807, 2.05) is 6.92 Å². The lowest BCUT2D eigenvalue weighted by molar-refractivity contribution is 0.571. The number of aryl methyl sites for hydroxylation is 1. The van der Waals surface area contributed by atoms with E-state index in [0.717, 1.165) is 0 Å². The zero-order valence-corrected chi connectivity index (χ0v) is 7.05. The van der Waals surface area contributed by atoms with Crippen molar-refractivity contribution in [3.63, 3.8) is 0 Å². The van der Waals surface area contributed by atoms with Crippen LogP contribution in [0.2, 0.25) is 0 Å². The number of rotatable bonds is 3. The van der Waals surface area contributed by atoms with E-state index < -0.39 is 0 Å². The Morgan fingerprint density at radius 2 is 2.08 bits per heavy atom. The fraction of sp³-hybridized carbons (Fsp3) is 0.500. The Labute approximate surface area is 70.8 Å². The molecule has 0 fully saturated rings. The molecule has 66 valence electrons.